The monoisotopic (exact) mass is 277 g/mol. The van der Waals surface area contributed by atoms with Crippen molar-refractivity contribution in [3.63, 3.8) is 0 Å². The third kappa shape index (κ3) is 3.89. The fourth-order valence-electron chi connectivity index (χ4n) is 2.19. The summed E-state index contributed by atoms with van der Waals surface area (Å²) in [6, 6.07) is 5.77. The van der Waals surface area contributed by atoms with Gasteiger partial charge in [0.15, 0.2) is 11.5 Å². The minimum atomic E-state index is -0.0410. The van der Waals surface area contributed by atoms with Crippen LogP contribution in [0.15, 0.2) is 18.2 Å². The van der Waals surface area contributed by atoms with Gasteiger partial charge in [0, 0.05) is 6.42 Å². The second-order valence-corrected chi connectivity index (χ2v) is 6.43. The van der Waals surface area contributed by atoms with Gasteiger partial charge in [0.05, 0.1) is 6.04 Å². The molecule has 110 valence electrons. The van der Waals surface area contributed by atoms with Crippen LogP contribution in [0, 0.1) is 5.41 Å². The quantitative estimate of drug-likeness (QED) is 0.923. The van der Waals surface area contributed by atoms with Gasteiger partial charge in [0.1, 0.15) is 13.2 Å². The van der Waals surface area contributed by atoms with Crippen LogP contribution in [0.5, 0.6) is 11.5 Å². The van der Waals surface area contributed by atoms with Crippen LogP contribution in [0.4, 0.5) is 0 Å². The van der Waals surface area contributed by atoms with Crippen LogP contribution in [0.25, 0.3) is 0 Å². The summed E-state index contributed by atoms with van der Waals surface area (Å²) in [5.74, 6) is 1.60. The lowest BCUT2D eigenvalue weighted by atomic mass is 9.91. The molecule has 1 unspecified atom stereocenters. The van der Waals surface area contributed by atoms with Crippen LogP contribution in [0.1, 0.15) is 45.7 Å². The van der Waals surface area contributed by atoms with E-state index < -0.39 is 0 Å². The molecule has 1 amide bonds. The van der Waals surface area contributed by atoms with Crippen molar-refractivity contribution in [2.45, 2.75) is 40.2 Å². The number of benzene rings is 1. The summed E-state index contributed by atoms with van der Waals surface area (Å²) >= 11 is 0. The molecule has 0 fully saturated rings. The normalized spacial score (nSPS) is 15.6. The Labute approximate surface area is 120 Å². The number of carbonyl (C=O) groups excluding carboxylic acids is 1. The first-order chi connectivity index (χ1) is 9.35. The molecular formula is C16H23NO3. The zero-order valence-electron chi connectivity index (χ0n) is 12.7. The summed E-state index contributed by atoms with van der Waals surface area (Å²) in [6.45, 7) is 9.31. The van der Waals surface area contributed by atoms with Gasteiger partial charge in [0.2, 0.25) is 5.91 Å². The Hall–Kier alpha value is -1.71. The van der Waals surface area contributed by atoms with E-state index in [1.807, 2.05) is 25.1 Å². The number of hydrogen-bond acceptors (Lipinski definition) is 3. The number of amides is 1. The van der Waals surface area contributed by atoms with Crippen molar-refractivity contribution in [1.82, 2.24) is 5.32 Å². The highest BCUT2D eigenvalue weighted by atomic mass is 16.6. The molecule has 0 radical (unpaired) electrons. The molecule has 1 aliphatic heterocycles. The van der Waals surface area contributed by atoms with E-state index in [9.17, 15) is 4.79 Å². The molecule has 0 bridgehead atoms. The molecule has 0 aliphatic carbocycles. The van der Waals surface area contributed by atoms with Crippen LogP contribution in [0.3, 0.4) is 0 Å². The lowest BCUT2D eigenvalue weighted by Gasteiger charge is -2.22. The van der Waals surface area contributed by atoms with Crippen LogP contribution in [-0.2, 0) is 4.79 Å². The molecule has 20 heavy (non-hydrogen) atoms. The number of nitrogens with one attached hydrogen (secondary N) is 1. The standard InChI is InChI=1S/C16H23NO3/c1-11(17-15(18)10-16(2,3)4)12-5-6-13-14(9-12)20-8-7-19-13/h5-6,9,11H,7-8,10H2,1-4H3,(H,17,18). The van der Waals surface area contributed by atoms with Gasteiger partial charge in [-0.05, 0) is 30.0 Å². The topological polar surface area (TPSA) is 47.6 Å². The fraction of sp³-hybridized carbons (Fsp3) is 0.562. The van der Waals surface area contributed by atoms with Crippen LogP contribution >= 0.6 is 0 Å². The van der Waals surface area contributed by atoms with Crippen LogP contribution < -0.4 is 14.8 Å². The zero-order valence-corrected chi connectivity index (χ0v) is 12.7. The molecular weight excluding hydrogens is 254 g/mol. The third-order valence-corrected chi connectivity index (χ3v) is 3.13. The van der Waals surface area contributed by atoms with Gasteiger partial charge in [0.25, 0.3) is 0 Å². The van der Waals surface area contributed by atoms with Gasteiger partial charge >= 0.3 is 0 Å². The predicted octanol–water partition coefficient (Wildman–Crippen LogP) is 3.07. The Kier molecular flexibility index (Phi) is 4.21. The first-order valence-electron chi connectivity index (χ1n) is 7.04. The highest BCUT2D eigenvalue weighted by Gasteiger charge is 2.19. The second-order valence-electron chi connectivity index (χ2n) is 6.43. The molecule has 1 aromatic carbocycles. The SMILES string of the molecule is CC(NC(=O)CC(C)(C)C)c1ccc2c(c1)OCCO2. The minimum absolute atomic E-state index is 0.00337. The van der Waals surface area contributed by atoms with Crippen LogP contribution in [-0.4, -0.2) is 19.1 Å². The Morgan fingerprint density at radius 2 is 1.90 bits per heavy atom. The highest BCUT2D eigenvalue weighted by molar-refractivity contribution is 5.77. The van der Waals surface area contributed by atoms with E-state index in [0.29, 0.717) is 19.6 Å². The number of ether oxygens (including phenoxy) is 2. The summed E-state index contributed by atoms with van der Waals surface area (Å²) in [5.41, 5.74) is 1.02. The number of rotatable bonds is 3. The second kappa shape index (κ2) is 5.73. The summed E-state index contributed by atoms with van der Waals surface area (Å²) in [6.07, 6.45) is 0.516. The fourth-order valence-corrected chi connectivity index (χ4v) is 2.19. The van der Waals surface area contributed by atoms with E-state index in [1.165, 1.54) is 0 Å². The molecule has 1 aliphatic rings. The number of carbonyl (C=O) groups is 1. The van der Waals surface area contributed by atoms with Gasteiger partial charge < -0.3 is 14.8 Å². The van der Waals surface area contributed by atoms with Gasteiger partial charge in [-0.25, -0.2) is 0 Å². The van der Waals surface area contributed by atoms with E-state index in [0.717, 1.165) is 17.1 Å². The molecule has 1 atom stereocenters. The Morgan fingerprint density at radius 1 is 1.25 bits per heavy atom. The Bertz CT molecular complexity index is 491. The Morgan fingerprint density at radius 3 is 2.55 bits per heavy atom. The van der Waals surface area contributed by atoms with Crippen molar-refractivity contribution < 1.29 is 14.3 Å². The molecule has 4 nitrogen and oxygen atoms in total. The Balaban J connectivity index is 2.02. The molecule has 4 heteroatoms. The zero-order chi connectivity index (χ0) is 14.8. The third-order valence-electron chi connectivity index (χ3n) is 3.13. The number of fused-ring (bicyclic) bond motifs is 1. The van der Waals surface area contributed by atoms with Crippen molar-refractivity contribution in [3.8, 4) is 11.5 Å². The first kappa shape index (κ1) is 14.7. The largest absolute Gasteiger partial charge is 0.486 e. The minimum Gasteiger partial charge on any atom is -0.486 e. The predicted molar refractivity (Wildman–Crippen MR) is 78.1 cm³/mol. The summed E-state index contributed by atoms with van der Waals surface area (Å²) in [7, 11) is 0. The molecule has 0 saturated carbocycles. The molecule has 1 aromatic rings. The van der Waals surface area contributed by atoms with Crippen molar-refractivity contribution in [3.05, 3.63) is 23.8 Å². The van der Waals surface area contributed by atoms with Crippen LogP contribution in [0.2, 0.25) is 0 Å². The smallest absolute Gasteiger partial charge is 0.220 e. The maximum absolute atomic E-state index is 12.0. The molecule has 0 saturated heterocycles. The average Bonchev–Trinajstić information content (AvgIpc) is 2.35. The van der Waals surface area contributed by atoms with E-state index in [2.05, 4.69) is 26.1 Å². The van der Waals surface area contributed by atoms with Gasteiger partial charge in [-0.1, -0.05) is 26.8 Å². The van der Waals surface area contributed by atoms with Gasteiger partial charge in [-0.15, -0.1) is 0 Å². The number of hydrogen-bond donors (Lipinski definition) is 1. The molecule has 1 heterocycles. The molecule has 2 rings (SSSR count). The van der Waals surface area contributed by atoms with Crippen molar-refractivity contribution >= 4 is 5.91 Å². The molecule has 0 spiro atoms. The summed E-state index contributed by atoms with van der Waals surface area (Å²) in [4.78, 5) is 12.0. The van der Waals surface area contributed by atoms with E-state index in [-0.39, 0.29) is 17.4 Å². The van der Waals surface area contributed by atoms with Crippen molar-refractivity contribution in [2.75, 3.05) is 13.2 Å². The summed E-state index contributed by atoms with van der Waals surface area (Å²) < 4.78 is 11.1. The van der Waals surface area contributed by atoms with E-state index in [1.54, 1.807) is 0 Å². The lowest BCUT2D eigenvalue weighted by Crippen LogP contribution is -2.30. The average molecular weight is 277 g/mol. The van der Waals surface area contributed by atoms with Gasteiger partial charge in [-0.3, -0.25) is 4.79 Å². The van der Waals surface area contributed by atoms with Crippen molar-refractivity contribution in [2.24, 2.45) is 5.41 Å². The molecule has 1 N–H and O–H groups in total. The maximum Gasteiger partial charge on any atom is 0.220 e. The van der Waals surface area contributed by atoms with Gasteiger partial charge in [-0.2, -0.15) is 0 Å². The lowest BCUT2D eigenvalue weighted by molar-refractivity contribution is -0.123. The maximum atomic E-state index is 12.0. The van der Waals surface area contributed by atoms with E-state index >= 15 is 0 Å². The highest BCUT2D eigenvalue weighted by Crippen LogP contribution is 2.32. The van der Waals surface area contributed by atoms with Crippen molar-refractivity contribution in [1.29, 1.82) is 0 Å². The summed E-state index contributed by atoms with van der Waals surface area (Å²) in [5, 5.41) is 3.02. The van der Waals surface area contributed by atoms with E-state index in [4.69, 9.17) is 9.47 Å². The molecule has 0 aromatic heterocycles. The first-order valence-corrected chi connectivity index (χ1v) is 7.04.